The second-order valence-electron chi connectivity index (χ2n) is 5.96. The fourth-order valence-corrected chi connectivity index (χ4v) is 2.82. The van der Waals surface area contributed by atoms with Gasteiger partial charge in [0, 0.05) is 13.0 Å². The monoisotopic (exact) mass is 387 g/mol. The van der Waals surface area contributed by atoms with Gasteiger partial charge in [-0.2, -0.15) is 0 Å². The normalized spacial score (nSPS) is 10.1. The molecule has 7 nitrogen and oxygen atoms in total. The second kappa shape index (κ2) is 10.2. The Morgan fingerprint density at radius 1 is 0.929 bits per heavy atom. The first-order valence-corrected chi connectivity index (χ1v) is 8.75. The summed E-state index contributed by atoms with van der Waals surface area (Å²) in [6, 6.07) is 10.7. The summed E-state index contributed by atoms with van der Waals surface area (Å²) in [6.45, 7) is 0.294. The van der Waals surface area contributed by atoms with Gasteiger partial charge in [-0.1, -0.05) is 18.2 Å². The van der Waals surface area contributed by atoms with Crippen LogP contribution in [-0.4, -0.2) is 40.3 Å². The van der Waals surface area contributed by atoms with E-state index >= 15 is 0 Å². The average molecular weight is 387 g/mol. The number of para-hydroxylation sites is 1. The first-order chi connectivity index (χ1) is 13.5. The Labute approximate surface area is 164 Å². The molecule has 150 valence electrons. The molecule has 0 aliphatic rings. The Bertz CT molecular complexity index is 834. The highest BCUT2D eigenvalue weighted by atomic mass is 16.5. The average Bonchev–Trinajstić information content (AvgIpc) is 2.74. The highest BCUT2D eigenvalue weighted by Crippen LogP contribution is 2.31. The van der Waals surface area contributed by atoms with Crippen molar-refractivity contribution in [2.24, 2.45) is 0 Å². The third-order valence-electron chi connectivity index (χ3n) is 4.26. The van der Waals surface area contributed by atoms with Crippen molar-refractivity contribution in [2.45, 2.75) is 19.4 Å². The molecule has 1 N–H and O–H groups in total. The van der Waals surface area contributed by atoms with E-state index in [1.807, 2.05) is 18.2 Å². The van der Waals surface area contributed by atoms with Crippen LogP contribution in [0.2, 0.25) is 0 Å². The molecule has 2 aromatic carbocycles. The minimum absolute atomic E-state index is 0.111. The lowest BCUT2D eigenvalue weighted by molar-refractivity contribution is -0.121. The first-order valence-electron chi connectivity index (χ1n) is 8.75. The van der Waals surface area contributed by atoms with E-state index in [4.69, 9.17) is 18.9 Å². The van der Waals surface area contributed by atoms with Crippen LogP contribution in [0.5, 0.6) is 17.2 Å². The maximum absolute atomic E-state index is 12.2. The lowest BCUT2D eigenvalue weighted by Crippen LogP contribution is -2.23. The standard InChI is InChI=1S/C21H25NO6/c1-25-17-10-8-14(12-16(17)21(24)28-4)13-22-19(23)11-9-15-6-5-7-18(26-2)20(15)27-3/h5-8,10,12H,9,11,13H2,1-4H3,(H,22,23). The van der Waals surface area contributed by atoms with Gasteiger partial charge in [-0.05, 0) is 35.7 Å². The Balaban J connectivity index is 1.97. The fraction of sp³-hybridized carbons (Fsp3) is 0.333. The zero-order chi connectivity index (χ0) is 20.5. The predicted molar refractivity (Wildman–Crippen MR) is 104 cm³/mol. The highest BCUT2D eigenvalue weighted by molar-refractivity contribution is 5.92. The zero-order valence-corrected chi connectivity index (χ0v) is 16.5. The SMILES string of the molecule is COC(=O)c1cc(CNC(=O)CCc2cccc(OC)c2OC)ccc1OC. The Morgan fingerprint density at radius 2 is 1.68 bits per heavy atom. The molecule has 7 heteroatoms. The van der Waals surface area contributed by atoms with Gasteiger partial charge in [0.05, 0.1) is 28.4 Å². The van der Waals surface area contributed by atoms with Crippen LogP contribution in [0.25, 0.3) is 0 Å². The lowest BCUT2D eigenvalue weighted by Gasteiger charge is -2.13. The Hall–Kier alpha value is -3.22. The molecule has 0 spiro atoms. The van der Waals surface area contributed by atoms with Gasteiger partial charge in [-0.3, -0.25) is 4.79 Å². The molecule has 0 aromatic heterocycles. The molecule has 0 unspecified atom stereocenters. The van der Waals surface area contributed by atoms with Gasteiger partial charge in [0.2, 0.25) is 5.91 Å². The third-order valence-corrected chi connectivity index (χ3v) is 4.26. The molecular weight excluding hydrogens is 362 g/mol. The van der Waals surface area contributed by atoms with Crippen LogP contribution >= 0.6 is 0 Å². The molecule has 0 saturated heterocycles. The van der Waals surface area contributed by atoms with Gasteiger partial charge in [0.25, 0.3) is 0 Å². The van der Waals surface area contributed by atoms with Crippen molar-refractivity contribution in [1.29, 1.82) is 0 Å². The maximum Gasteiger partial charge on any atom is 0.341 e. The molecule has 2 rings (SSSR count). The summed E-state index contributed by atoms with van der Waals surface area (Å²) in [5.74, 6) is 1.09. The lowest BCUT2D eigenvalue weighted by atomic mass is 10.1. The summed E-state index contributed by atoms with van der Waals surface area (Å²) in [4.78, 5) is 24.1. The van der Waals surface area contributed by atoms with Crippen LogP contribution in [-0.2, 0) is 22.5 Å². The van der Waals surface area contributed by atoms with Crippen molar-refractivity contribution in [3.05, 3.63) is 53.1 Å². The number of ether oxygens (including phenoxy) is 4. The molecule has 0 fully saturated rings. The van der Waals surface area contributed by atoms with E-state index in [2.05, 4.69) is 5.32 Å². The third kappa shape index (κ3) is 5.16. The van der Waals surface area contributed by atoms with Crippen molar-refractivity contribution < 1.29 is 28.5 Å². The van der Waals surface area contributed by atoms with E-state index < -0.39 is 5.97 Å². The molecule has 0 bridgehead atoms. The van der Waals surface area contributed by atoms with E-state index in [1.54, 1.807) is 32.4 Å². The van der Waals surface area contributed by atoms with Crippen LogP contribution in [0.3, 0.4) is 0 Å². The van der Waals surface area contributed by atoms with Crippen LogP contribution in [0.15, 0.2) is 36.4 Å². The van der Waals surface area contributed by atoms with Gasteiger partial charge >= 0.3 is 5.97 Å². The number of hydrogen-bond donors (Lipinski definition) is 1. The highest BCUT2D eigenvalue weighted by Gasteiger charge is 2.14. The molecule has 0 saturated carbocycles. The Kier molecular flexibility index (Phi) is 7.68. The number of nitrogens with one attached hydrogen (secondary N) is 1. The number of aryl methyl sites for hydroxylation is 1. The number of carbonyl (C=O) groups excluding carboxylic acids is 2. The molecule has 0 aliphatic heterocycles. The van der Waals surface area contributed by atoms with Crippen molar-refractivity contribution >= 4 is 11.9 Å². The van der Waals surface area contributed by atoms with Gasteiger partial charge in [-0.15, -0.1) is 0 Å². The smallest absolute Gasteiger partial charge is 0.341 e. The van der Waals surface area contributed by atoms with E-state index in [9.17, 15) is 9.59 Å². The largest absolute Gasteiger partial charge is 0.496 e. The number of carbonyl (C=O) groups is 2. The maximum atomic E-state index is 12.2. The van der Waals surface area contributed by atoms with Crippen LogP contribution in [0.1, 0.15) is 27.9 Å². The molecule has 0 heterocycles. The molecule has 2 aromatic rings. The van der Waals surface area contributed by atoms with E-state index in [-0.39, 0.29) is 5.91 Å². The first kappa shape index (κ1) is 21.1. The summed E-state index contributed by atoms with van der Waals surface area (Å²) >= 11 is 0. The van der Waals surface area contributed by atoms with Crippen LogP contribution in [0, 0.1) is 0 Å². The molecule has 1 amide bonds. The molecular formula is C21H25NO6. The van der Waals surface area contributed by atoms with E-state index in [0.29, 0.717) is 42.2 Å². The number of rotatable bonds is 9. The number of benzene rings is 2. The topological polar surface area (TPSA) is 83.1 Å². The van der Waals surface area contributed by atoms with Gasteiger partial charge in [0.15, 0.2) is 11.5 Å². The molecule has 0 radical (unpaired) electrons. The summed E-state index contributed by atoms with van der Waals surface area (Å²) in [6.07, 6.45) is 0.811. The number of methoxy groups -OCH3 is 4. The summed E-state index contributed by atoms with van der Waals surface area (Å²) in [5.41, 5.74) is 1.99. The Morgan fingerprint density at radius 3 is 2.32 bits per heavy atom. The summed E-state index contributed by atoms with van der Waals surface area (Å²) in [5, 5.41) is 2.85. The van der Waals surface area contributed by atoms with Gasteiger partial charge in [-0.25, -0.2) is 4.79 Å². The molecule has 0 aliphatic carbocycles. The minimum atomic E-state index is -0.491. The molecule has 28 heavy (non-hydrogen) atoms. The predicted octanol–water partition coefficient (Wildman–Crippen LogP) is 2.75. The fourth-order valence-electron chi connectivity index (χ4n) is 2.82. The number of esters is 1. The van der Waals surface area contributed by atoms with E-state index in [0.717, 1.165) is 11.1 Å². The van der Waals surface area contributed by atoms with Gasteiger partial charge in [0.1, 0.15) is 11.3 Å². The second-order valence-corrected chi connectivity index (χ2v) is 5.96. The number of amides is 1. The van der Waals surface area contributed by atoms with Crippen molar-refractivity contribution in [1.82, 2.24) is 5.32 Å². The quantitative estimate of drug-likeness (QED) is 0.666. The molecule has 0 atom stereocenters. The summed E-state index contributed by atoms with van der Waals surface area (Å²) in [7, 11) is 5.94. The van der Waals surface area contributed by atoms with Crippen LogP contribution < -0.4 is 19.5 Å². The van der Waals surface area contributed by atoms with Crippen molar-refractivity contribution in [2.75, 3.05) is 28.4 Å². The van der Waals surface area contributed by atoms with Crippen molar-refractivity contribution in [3.63, 3.8) is 0 Å². The summed E-state index contributed by atoms with van der Waals surface area (Å²) < 4.78 is 20.6. The van der Waals surface area contributed by atoms with Gasteiger partial charge < -0.3 is 24.3 Å². The van der Waals surface area contributed by atoms with Crippen LogP contribution in [0.4, 0.5) is 0 Å². The van der Waals surface area contributed by atoms with Crippen molar-refractivity contribution in [3.8, 4) is 17.2 Å². The zero-order valence-electron chi connectivity index (χ0n) is 16.5. The number of hydrogen-bond acceptors (Lipinski definition) is 6. The van der Waals surface area contributed by atoms with E-state index in [1.165, 1.54) is 14.2 Å². The minimum Gasteiger partial charge on any atom is -0.496 e.